The van der Waals surface area contributed by atoms with Crippen molar-refractivity contribution >= 4 is 29.2 Å². The van der Waals surface area contributed by atoms with Gasteiger partial charge in [-0.15, -0.1) is 0 Å². The largest absolute Gasteiger partial charge is 0.391 e. The summed E-state index contributed by atoms with van der Waals surface area (Å²) in [5.41, 5.74) is 2.34. The molecule has 10 heteroatoms. The molecule has 29 heavy (non-hydrogen) atoms. The van der Waals surface area contributed by atoms with E-state index in [1.807, 2.05) is 5.43 Å². The van der Waals surface area contributed by atoms with Crippen LogP contribution in [-0.2, 0) is 6.54 Å². The first kappa shape index (κ1) is 21.0. The third kappa shape index (κ3) is 4.64. The molecular formula is C19H19ClF2N4O3. The molecule has 0 aliphatic carbocycles. The number of nitrogens with two attached hydrogens (primary N) is 1. The fourth-order valence-corrected chi connectivity index (χ4v) is 3.25. The van der Waals surface area contributed by atoms with Crippen molar-refractivity contribution in [3.05, 3.63) is 64.2 Å². The van der Waals surface area contributed by atoms with Crippen LogP contribution in [0.15, 0.2) is 36.4 Å². The zero-order valence-electron chi connectivity index (χ0n) is 15.2. The number of urea groups is 1. The first-order valence-electron chi connectivity index (χ1n) is 8.79. The molecule has 0 radical (unpaired) electrons. The second-order valence-corrected chi connectivity index (χ2v) is 7.04. The van der Waals surface area contributed by atoms with Gasteiger partial charge in [-0.05, 0) is 36.8 Å². The van der Waals surface area contributed by atoms with Crippen LogP contribution in [0.2, 0.25) is 5.02 Å². The predicted molar refractivity (Wildman–Crippen MR) is 103 cm³/mol. The number of carbonyl (C=O) groups is 2. The third-order valence-electron chi connectivity index (χ3n) is 4.65. The van der Waals surface area contributed by atoms with Crippen LogP contribution in [0.25, 0.3) is 0 Å². The van der Waals surface area contributed by atoms with Gasteiger partial charge in [-0.25, -0.2) is 19.4 Å². The fourth-order valence-electron chi connectivity index (χ4n) is 3.08. The van der Waals surface area contributed by atoms with Crippen LogP contribution >= 0.6 is 11.6 Å². The number of carbonyl (C=O) groups excluding carboxylic acids is 2. The standard InChI is InChI=1S/C19H19ClF2N4O3/c20-15-8-13(3-4-16(15)21)26(19(29)25-6-5-14(27)10-25)9-12-2-1-11(7-17(12)22)18(28)24-23/h1-4,7-8,14,27H,5-6,9-10,23H2,(H,24,28). The Hall–Kier alpha value is -2.75. The number of aliphatic hydroxyl groups excluding tert-OH is 1. The minimum Gasteiger partial charge on any atom is -0.391 e. The molecule has 3 amide bonds. The minimum absolute atomic E-state index is 0.0270. The average molecular weight is 425 g/mol. The molecule has 1 unspecified atom stereocenters. The molecule has 1 aliphatic rings. The lowest BCUT2D eigenvalue weighted by molar-refractivity contribution is 0.0953. The Kier molecular flexibility index (Phi) is 6.31. The van der Waals surface area contributed by atoms with Gasteiger partial charge >= 0.3 is 6.03 Å². The van der Waals surface area contributed by atoms with Gasteiger partial charge in [0.1, 0.15) is 11.6 Å². The maximum absolute atomic E-state index is 14.6. The van der Waals surface area contributed by atoms with Crippen LogP contribution in [0.1, 0.15) is 22.3 Å². The molecule has 154 valence electrons. The van der Waals surface area contributed by atoms with Gasteiger partial charge in [0.25, 0.3) is 5.91 Å². The van der Waals surface area contributed by atoms with Crippen molar-refractivity contribution in [2.24, 2.45) is 5.84 Å². The van der Waals surface area contributed by atoms with Gasteiger partial charge < -0.3 is 10.0 Å². The molecule has 1 saturated heterocycles. The number of nitrogens with one attached hydrogen (secondary N) is 1. The maximum Gasteiger partial charge on any atom is 0.324 e. The Morgan fingerprint density at radius 2 is 2.00 bits per heavy atom. The summed E-state index contributed by atoms with van der Waals surface area (Å²) in [5.74, 6) is 3.04. The summed E-state index contributed by atoms with van der Waals surface area (Å²) in [5, 5.41) is 9.55. The Labute approximate surface area is 170 Å². The van der Waals surface area contributed by atoms with Gasteiger partial charge in [-0.1, -0.05) is 17.7 Å². The number of benzene rings is 2. The van der Waals surface area contributed by atoms with E-state index in [0.717, 1.165) is 12.1 Å². The molecule has 0 bridgehead atoms. The van der Waals surface area contributed by atoms with E-state index >= 15 is 0 Å². The Morgan fingerprint density at radius 1 is 1.24 bits per heavy atom. The van der Waals surface area contributed by atoms with Gasteiger partial charge in [0.2, 0.25) is 0 Å². The summed E-state index contributed by atoms with van der Waals surface area (Å²) in [6, 6.07) is 7.02. The molecule has 4 N–H and O–H groups in total. The second kappa shape index (κ2) is 8.73. The predicted octanol–water partition coefficient (Wildman–Crippen LogP) is 2.41. The van der Waals surface area contributed by atoms with E-state index < -0.39 is 29.7 Å². The monoisotopic (exact) mass is 424 g/mol. The van der Waals surface area contributed by atoms with Crippen LogP contribution in [0, 0.1) is 11.6 Å². The number of hydrogen-bond donors (Lipinski definition) is 3. The molecule has 1 aliphatic heterocycles. The lowest BCUT2D eigenvalue weighted by Gasteiger charge is -2.28. The third-order valence-corrected chi connectivity index (χ3v) is 4.94. The van der Waals surface area contributed by atoms with Gasteiger partial charge in [0.15, 0.2) is 0 Å². The van der Waals surface area contributed by atoms with Crippen molar-refractivity contribution in [1.29, 1.82) is 0 Å². The number of anilines is 1. The number of aliphatic hydroxyl groups is 1. The summed E-state index contributed by atoms with van der Waals surface area (Å²) in [6.07, 6.45) is -0.204. The normalized spacial score (nSPS) is 16.0. The van der Waals surface area contributed by atoms with E-state index in [9.17, 15) is 23.5 Å². The maximum atomic E-state index is 14.6. The topological polar surface area (TPSA) is 98.9 Å². The average Bonchev–Trinajstić information content (AvgIpc) is 3.14. The Bertz CT molecular complexity index is 944. The number of likely N-dealkylation sites (tertiary alicyclic amines) is 1. The van der Waals surface area contributed by atoms with Crippen LogP contribution in [0.5, 0.6) is 0 Å². The van der Waals surface area contributed by atoms with E-state index in [0.29, 0.717) is 13.0 Å². The number of rotatable bonds is 4. The SMILES string of the molecule is NNC(=O)c1ccc(CN(C(=O)N2CCC(O)C2)c2ccc(F)c(Cl)c2)c(F)c1. The number of hydrazine groups is 1. The molecule has 0 aromatic heterocycles. The van der Waals surface area contributed by atoms with E-state index in [4.69, 9.17) is 17.4 Å². The van der Waals surface area contributed by atoms with Crippen molar-refractivity contribution in [1.82, 2.24) is 10.3 Å². The van der Waals surface area contributed by atoms with Crippen molar-refractivity contribution in [3.63, 3.8) is 0 Å². The summed E-state index contributed by atoms with van der Waals surface area (Å²) in [6.45, 7) is 0.287. The Balaban J connectivity index is 1.93. The van der Waals surface area contributed by atoms with Crippen LogP contribution in [0.4, 0.5) is 19.3 Å². The highest BCUT2D eigenvalue weighted by molar-refractivity contribution is 6.31. The van der Waals surface area contributed by atoms with Crippen molar-refractivity contribution < 1.29 is 23.5 Å². The molecule has 0 saturated carbocycles. The molecule has 2 aromatic rings. The first-order chi connectivity index (χ1) is 13.8. The molecule has 1 atom stereocenters. The van der Waals surface area contributed by atoms with Crippen LogP contribution < -0.4 is 16.2 Å². The number of amides is 3. The highest BCUT2D eigenvalue weighted by Crippen LogP contribution is 2.27. The first-order valence-corrected chi connectivity index (χ1v) is 9.17. The lowest BCUT2D eigenvalue weighted by atomic mass is 10.1. The van der Waals surface area contributed by atoms with Gasteiger partial charge in [0.05, 0.1) is 17.7 Å². The number of halogens is 3. The quantitative estimate of drug-likeness (QED) is 0.399. The summed E-state index contributed by atoms with van der Waals surface area (Å²) in [7, 11) is 0. The van der Waals surface area contributed by atoms with E-state index in [1.165, 1.54) is 34.1 Å². The van der Waals surface area contributed by atoms with E-state index in [2.05, 4.69) is 0 Å². The van der Waals surface area contributed by atoms with Crippen LogP contribution in [-0.4, -0.2) is 41.1 Å². The van der Waals surface area contributed by atoms with Gasteiger partial charge in [0, 0.05) is 29.9 Å². The molecule has 7 nitrogen and oxygen atoms in total. The molecule has 3 rings (SSSR count). The molecule has 1 fully saturated rings. The smallest absolute Gasteiger partial charge is 0.324 e. The summed E-state index contributed by atoms with van der Waals surface area (Å²) < 4.78 is 28.1. The number of nitrogen functional groups attached to an aromatic ring is 1. The lowest BCUT2D eigenvalue weighted by Crippen LogP contribution is -2.42. The zero-order chi connectivity index (χ0) is 21.1. The number of hydrogen-bond acceptors (Lipinski definition) is 4. The molecule has 1 heterocycles. The highest BCUT2D eigenvalue weighted by atomic mass is 35.5. The van der Waals surface area contributed by atoms with E-state index in [-0.39, 0.29) is 34.9 Å². The molecule has 0 spiro atoms. The van der Waals surface area contributed by atoms with Crippen molar-refractivity contribution in [2.45, 2.75) is 19.1 Å². The number of β-amino-alcohol motifs (C(OH)–C–C–N with tert-alkyl or cyclic N) is 1. The van der Waals surface area contributed by atoms with Gasteiger partial charge in [-0.2, -0.15) is 0 Å². The fraction of sp³-hybridized carbons (Fsp3) is 0.263. The van der Waals surface area contributed by atoms with E-state index in [1.54, 1.807) is 0 Å². The minimum atomic E-state index is -0.710. The number of nitrogens with zero attached hydrogens (tertiary/aromatic N) is 2. The van der Waals surface area contributed by atoms with Crippen LogP contribution in [0.3, 0.4) is 0 Å². The van der Waals surface area contributed by atoms with Crippen molar-refractivity contribution in [2.75, 3.05) is 18.0 Å². The zero-order valence-corrected chi connectivity index (χ0v) is 16.0. The summed E-state index contributed by atoms with van der Waals surface area (Å²) >= 11 is 5.85. The molecule has 2 aromatic carbocycles. The van der Waals surface area contributed by atoms with Crippen molar-refractivity contribution in [3.8, 4) is 0 Å². The summed E-state index contributed by atoms with van der Waals surface area (Å²) in [4.78, 5) is 27.2. The Morgan fingerprint density at radius 3 is 2.59 bits per heavy atom. The highest BCUT2D eigenvalue weighted by Gasteiger charge is 2.30. The second-order valence-electron chi connectivity index (χ2n) is 6.64. The van der Waals surface area contributed by atoms with Gasteiger partial charge in [-0.3, -0.25) is 15.1 Å². The molecular weight excluding hydrogens is 406 g/mol.